The van der Waals surface area contributed by atoms with E-state index < -0.39 is 0 Å². The Morgan fingerprint density at radius 3 is 2.92 bits per heavy atom. The molecule has 0 unspecified atom stereocenters. The number of halogens is 2. The Morgan fingerprint density at radius 2 is 2.23 bits per heavy atom. The van der Waals surface area contributed by atoms with Gasteiger partial charge in [0.05, 0.1) is 8.45 Å². The Morgan fingerprint density at radius 1 is 1.46 bits per heavy atom. The Bertz CT molecular complexity index is 512. The van der Waals surface area contributed by atoms with Crippen LogP contribution in [0.1, 0.15) is 5.56 Å². The van der Waals surface area contributed by atoms with Crippen LogP contribution < -0.4 is 0 Å². The normalized spacial score (nSPS) is 10.2. The molecule has 1 heterocycles. The van der Waals surface area contributed by atoms with Crippen molar-refractivity contribution >= 4 is 55.6 Å². The number of hydrogen-bond donors (Lipinski definition) is 0. The maximum absolute atomic E-state index is 8.91. The molecule has 0 N–H and O–H groups in total. The maximum atomic E-state index is 8.91. The number of benzene rings is 1. The highest BCUT2D eigenvalue weighted by Gasteiger charge is 2.09. The van der Waals surface area contributed by atoms with Crippen LogP contribution in [0, 0.1) is 14.2 Å². The first-order chi connectivity index (χ1) is 6.22. The monoisotopic (exact) mass is 319 g/mol. The minimum atomic E-state index is 0.679. The molecule has 1 nitrogen and oxygen atoms in total. The second-order valence-electron chi connectivity index (χ2n) is 2.50. The highest BCUT2D eigenvalue weighted by atomic mass is 127. The number of fused-ring (bicyclic) bond motifs is 1. The SMILES string of the molecule is N#Cc1c(I)sc2ccc(Cl)cc12. The fraction of sp³-hybridized carbons (Fsp3) is 0. The lowest BCUT2D eigenvalue weighted by Gasteiger charge is -1.90. The third-order valence-corrected chi connectivity index (χ3v) is 4.11. The Balaban J connectivity index is 2.91. The van der Waals surface area contributed by atoms with Gasteiger partial charge in [0.1, 0.15) is 6.07 Å². The number of thiophene rings is 1. The minimum absolute atomic E-state index is 0.679. The Hall–Kier alpha value is -0.310. The van der Waals surface area contributed by atoms with Gasteiger partial charge in [0.15, 0.2) is 0 Å². The van der Waals surface area contributed by atoms with E-state index in [2.05, 4.69) is 28.7 Å². The molecule has 64 valence electrons. The van der Waals surface area contributed by atoms with Gasteiger partial charge in [-0.15, -0.1) is 11.3 Å². The maximum Gasteiger partial charge on any atom is 0.102 e. The summed E-state index contributed by atoms with van der Waals surface area (Å²) in [6, 6.07) is 7.83. The van der Waals surface area contributed by atoms with Crippen molar-refractivity contribution in [2.45, 2.75) is 0 Å². The standard InChI is InChI=1S/C9H3ClINS/c10-5-1-2-8-6(3-5)7(4-12)9(11)13-8/h1-3H. The topological polar surface area (TPSA) is 23.8 Å². The molecule has 1 aromatic heterocycles. The Kier molecular flexibility index (Phi) is 2.45. The zero-order valence-electron chi connectivity index (χ0n) is 6.34. The third-order valence-electron chi connectivity index (χ3n) is 1.72. The summed E-state index contributed by atoms with van der Waals surface area (Å²) in [7, 11) is 0. The Labute approximate surface area is 98.1 Å². The largest absolute Gasteiger partial charge is 0.192 e. The molecule has 0 saturated heterocycles. The first-order valence-corrected chi connectivity index (χ1v) is 5.77. The summed E-state index contributed by atoms with van der Waals surface area (Å²) < 4.78 is 2.14. The fourth-order valence-electron chi connectivity index (χ4n) is 1.14. The van der Waals surface area contributed by atoms with Crippen molar-refractivity contribution in [1.82, 2.24) is 0 Å². The lowest BCUT2D eigenvalue weighted by atomic mass is 10.2. The number of nitriles is 1. The lowest BCUT2D eigenvalue weighted by molar-refractivity contribution is 1.51. The molecule has 0 aliphatic rings. The molecule has 0 radical (unpaired) electrons. The van der Waals surface area contributed by atoms with Gasteiger partial charge in [-0.1, -0.05) is 11.6 Å². The summed E-state index contributed by atoms with van der Waals surface area (Å²) in [5, 5.41) is 10.5. The van der Waals surface area contributed by atoms with E-state index >= 15 is 0 Å². The van der Waals surface area contributed by atoms with Gasteiger partial charge in [-0.25, -0.2) is 0 Å². The van der Waals surface area contributed by atoms with E-state index in [4.69, 9.17) is 16.9 Å². The van der Waals surface area contributed by atoms with E-state index in [9.17, 15) is 0 Å². The van der Waals surface area contributed by atoms with Crippen LogP contribution in [0.3, 0.4) is 0 Å². The first kappa shape index (κ1) is 9.25. The van der Waals surface area contributed by atoms with Crippen LogP contribution in [0.2, 0.25) is 5.02 Å². The summed E-state index contributed by atoms with van der Waals surface area (Å²) in [5.41, 5.74) is 0.739. The van der Waals surface area contributed by atoms with Crippen molar-refractivity contribution in [1.29, 1.82) is 5.26 Å². The summed E-state index contributed by atoms with van der Waals surface area (Å²) in [6.45, 7) is 0. The van der Waals surface area contributed by atoms with Crippen molar-refractivity contribution in [2.24, 2.45) is 0 Å². The molecule has 1 aromatic carbocycles. The molecule has 2 aromatic rings. The number of rotatable bonds is 0. The average molecular weight is 320 g/mol. The summed E-state index contributed by atoms with van der Waals surface area (Å²) in [6.07, 6.45) is 0. The molecule has 13 heavy (non-hydrogen) atoms. The molecule has 0 aliphatic heterocycles. The molecule has 0 saturated carbocycles. The lowest BCUT2D eigenvalue weighted by Crippen LogP contribution is -1.72. The van der Waals surface area contributed by atoms with Crippen molar-refractivity contribution in [2.75, 3.05) is 0 Å². The van der Waals surface area contributed by atoms with Crippen LogP contribution in [-0.4, -0.2) is 0 Å². The van der Waals surface area contributed by atoms with Crippen LogP contribution in [-0.2, 0) is 0 Å². The molecular formula is C9H3ClINS. The zero-order chi connectivity index (χ0) is 9.42. The van der Waals surface area contributed by atoms with Gasteiger partial charge in [0.2, 0.25) is 0 Å². The summed E-state index contributed by atoms with van der Waals surface area (Å²) in [5.74, 6) is 0. The van der Waals surface area contributed by atoms with Crippen molar-refractivity contribution in [3.63, 3.8) is 0 Å². The van der Waals surface area contributed by atoms with Gasteiger partial charge in [-0.05, 0) is 40.8 Å². The molecule has 0 fully saturated rings. The highest BCUT2D eigenvalue weighted by Crippen LogP contribution is 2.33. The molecule has 0 spiro atoms. The smallest absolute Gasteiger partial charge is 0.102 e. The zero-order valence-corrected chi connectivity index (χ0v) is 10.1. The molecule has 4 heteroatoms. The first-order valence-electron chi connectivity index (χ1n) is 3.50. The molecule has 0 atom stereocenters. The molecule has 0 aliphatic carbocycles. The third kappa shape index (κ3) is 1.54. The van der Waals surface area contributed by atoms with E-state index in [-0.39, 0.29) is 0 Å². The second kappa shape index (κ2) is 3.45. The minimum Gasteiger partial charge on any atom is -0.192 e. The van der Waals surface area contributed by atoms with Crippen LogP contribution >= 0.6 is 45.5 Å². The van der Waals surface area contributed by atoms with Crippen molar-refractivity contribution in [3.05, 3.63) is 31.7 Å². The van der Waals surface area contributed by atoms with Crippen LogP contribution in [0.15, 0.2) is 18.2 Å². The predicted octanol–water partition coefficient (Wildman–Crippen LogP) is 4.03. The fourth-order valence-corrected chi connectivity index (χ4v) is 3.30. The number of hydrogen-bond acceptors (Lipinski definition) is 2. The van der Waals surface area contributed by atoms with Gasteiger partial charge in [0, 0.05) is 15.1 Å². The van der Waals surface area contributed by atoms with Gasteiger partial charge >= 0.3 is 0 Å². The average Bonchev–Trinajstić information content (AvgIpc) is 2.40. The van der Waals surface area contributed by atoms with Crippen LogP contribution in [0.25, 0.3) is 10.1 Å². The van der Waals surface area contributed by atoms with E-state index in [1.54, 1.807) is 11.3 Å². The van der Waals surface area contributed by atoms with E-state index in [1.807, 2.05) is 18.2 Å². The van der Waals surface area contributed by atoms with Crippen molar-refractivity contribution in [3.8, 4) is 6.07 Å². The molecule has 0 bridgehead atoms. The van der Waals surface area contributed by atoms with Crippen LogP contribution in [0.5, 0.6) is 0 Å². The van der Waals surface area contributed by atoms with E-state index in [0.717, 1.165) is 18.5 Å². The van der Waals surface area contributed by atoms with Gasteiger partial charge in [0.25, 0.3) is 0 Å². The van der Waals surface area contributed by atoms with Gasteiger partial charge in [-0.3, -0.25) is 0 Å². The quantitative estimate of drug-likeness (QED) is 0.673. The van der Waals surface area contributed by atoms with E-state index in [1.165, 1.54) is 0 Å². The molecule has 0 amide bonds. The predicted molar refractivity (Wildman–Crippen MR) is 64.3 cm³/mol. The summed E-state index contributed by atoms with van der Waals surface area (Å²) in [4.78, 5) is 0. The number of nitrogens with zero attached hydrogens (tertiary/aromatic N) is 1. The van der Waals surface area contributed by atoms with Gasteiger partial charge < -0.3 is 0 Å². The van der Waals surface area contributed by atoms with E-state index in [0.29, 0.717) is 5.02 Å². The second-order valence-corrected chi connectivity index (χ2v) is 5.80. The van der Waals surface area contributed by atoms with Crippen molar-refractivity contribution < 1.29 is 0 Å². The summed E-state index contributed by atoms with van der Waals surface area (Å²) >= 11 is 9.65. The van der Waals surface area contributed by atoms with Crippen LogP contribution in [0.4, 0.5) is 0 Å². The van der Waals surface area contributed by atoms with Gasteiger partial charge in [-0.2, -0.15) is 5.26 Å². The molecule has 2 rings (SSSR count). The molecular weight excluding hydrogens is 317 g/mol. The highest BCUT2D eigenvalue weighted by molar-refractivity contribution is 14.1.